The smallest absolute Gasteiger partial charge is 0.267 e. The molecule has 2 aromatic rings. The number of amides is 1. The molecule has 1 saturated heterocycles. The third-order valence-electron chi connectivity index (χ3n) is 5.73. The molecule has 2 aliphatic heterocycles. The molecule has 1 atom stereocenters. The number of hydrogen-bond acceptors (Lipinski definition) is 4. The first-order valence-electron chi connectivity index (χ1n) is 10.1. The van der Waals surface area contributed by atoms with Crippen molar-refractivity contribution >= 4 is 17.5 Å². The van der Waals surface area contributed by atoms with Crippen LogP contribution in [0.25, 0.3) is 0 Å². The maximum atomic E-state index is 13.7. The van der Waals surface area contributed by atoms with E-state index in [-0.39, 0.29) is 48.0 Å². The molecular formula is C23H27ClF2N2O4. The van der Waals surface area contributed by atoms with E-state index in [0.29, 0.717) is 37.1 Å². The first kappa shape index (κ1) is 24.2. The topological polar surface area (TPSA) is 71.6 Å². The van der Waals surface area contributed by atoms with Crippen molar-refractivity contribution in [2.24, 2.45) is 0 Å². The molecule has 2 aliphatic rings. The summed E-state index contributed by atoms with van der Waals surface area (Å²) in [5.74, 6) is -0.565. The lowest BCUT2D eigenvalue weighted by atomic mass is 9.95. The Bertz CT molecular complexity index is 1080. The van der Waals surface area contributed by atoms with Crippen LogP contribution < -0.4 is 10.3 Å². The fourth-order valence-corrected chi connectivity index (χ4v) is 4.48. The molecule has 1 N–H and O–H groups in total. The first-order valence-corrected chi connectivity index (χ1v) is 10.5. The van der Waals surface area contributed by atoms with Gasteiger partial charge in [-0.2, -0.15) is 0 Å². The molecule has 3 heterocycles. The van der Waals surface area contributed by atoms with Crippen molar-refractivity contribution in [2.75, 3.05) is 19.8 Å². The number of hydrogen-bond donors (Lipinski definition) is 1. The molecule has 0 radical (unpaired) electrons. The number of alkyl halides is 2. The number of H-pyrrole nitrogens is 1. The molecule has 1 aromatic carbocycles. The number of halogens is 3. The molecular weight excluding hydrogens is 442 g/mol. The van der Waals surface area contributed by atoms with E-state index >= 15 is 0 Å². The number of aromatic amines is 1. The molecule has 32 heavy (non-hydrogen) atoms. The fraction of sp³-hybridized carbons (Fsp3) is 0.478. The maximum Gasteiger partial charge on any atom is 0.267 e. The summed E-state index contributed by atoms with van der Waals surface area (Å²) in [5, 5.41) is -0.107. The number of rotatable bonds is 5. The molecule has 1 fully saturated rings. The Balaban J connectivity index is 0.00000289. The molecule has 0 aliphatic carbocycles. The summed E-state index contributed by atoms with van der Waals surface area (Å²) < 4.78 is 38.5. The van der Waals surface area contributed by atoms with E-state index in [1.165, 1.54) is 11.0 Å². The van der Waals surface area contributed by atoms with Crippen LogP contribution in [-0.2, 0) is 17.7 Å². The third kappa shape index (κ3) is 4.52. The number of carbonyl (C=O) groups is 1. The average molecular weight is 469 g/mol. The van der Waals surface area contributed by atoms with Gasteiger partial charge in [-0.3, -0.25) is 9.59 Å². The predicted molar refractivity (Wildman–Crippen MR) is 118 cm³/mol. The van der Waals surface area contributed by atoms with Gasteiger partial charge in [-0.15, -0.1) is 0 Å². The van der Waals surface area contributed by atoms with E-state index in [2.05, 4.69) is 4.98 Å². The second-order valence-corrected chi connectivity index (χ2v) is 8.34. The summed E-state index contributed by atoms with van der Waals surface area (Å²) >= 11 is 6.49. The molecule has 0 spiro atoms. The normalized spacial score (nSPS) is 18.0. The number of nitrogens with zero attached hydrogens (tertiary/aromatic N) is 1. The Kier molecular flexibility index (Phi) is 7.25. The lowest BCUT2D eigenvalue weighted by Crippen LogP contribution is -2.39. The minimum absolute atomic E-state index is 0. The van der Waals surface area contributed by atoms with Crippen molar-refractivity contribution < 1.29 is 23.0 Å². The van der Waals surface area contributed by atoms with E-state index in [4.69, 9.17) is 21.1 Å². The van der Waals surface area contributed by atoms with Crippen molar-refractivity contribution in [3.63, 3.8) is 0 Å². The monoisotopic (exact) mass is 468 g/mol. The van der Waals surface area contributed by atoms with Gasteiger partial charge >= 0.3 is 0 Å². The Hall–Kier alpha value is -2.45. The molecule has 1 amide bonds. The summed E-state index contributed by atoms with van der Waals surface area (Å²) in [6, 6.07) is 3.16. The van der Waals surface area contributed by atoms with Crippen molar-refractivity contribution in [1.29, 1.82) is 0 Å². The van der Waals surface area contributed by atoms with Gasteiger partial charge in [0.15, 0.2) is 0 Å². The lowest BCUT2D eigenvalue weighted by molar-refractivity contribution is 0.0723. The van der Waals surface area contributed by atoms with Gasteiger partial charge in [-0.05, 0) is 43.5 Å². The molecule has 0 bridgehead atoms. The third-order valence-corrected chi connectivity index (χ3v) is 6.09. The standard InChI is InChI=1S/C22H23ClF2N2O4.CH4/c1-11-7-12(2)26-21(28)16(11)9-27-5-3-13-8-15(20(24)25)19(18(23)17(13)22(27)29)31-14-4-6-30-10-14;/h7-8,14,20H,3-6,9-10H2,1-2H3,(H,26,28);1H4/t14-;/m1./s1. The minimum atomic E-state index is -2.79. The lowest BCUT2D eigenvalue weighted by Gasteiger charge is -2.31. The molecule has 1 aromatic heterocycles. The molecule has 0 unspecified atom stereocenters. The number of aryl methyl sites for hydroxylation is 2. The van der Waals surface area contributed by atoms with E-state index < -0.39 is 18.4 Å². The van der Waals surface area contributed by atoms with Crippen LogP contribution in [0.4, 0.5) is 8.78 Å². The van der Waals surface area contributed by atoms with Gasteiger partial charge in [0.05, 0.1) is 35.9 Å². The predicted octanol–water partition coefficient (Wildman–Crippen LogP) is 4.59. The van der Waals surface area contributed by atoms with Crippen LogP contribution in [0.5, 0.6) is 5.75 Å². The Morgan fingerprint density at radius 2 is 2.06 bits per heavy atom. The highest BCUT2D eigenvalue weighted by Crippen LogP contribution is 2.42. The zero-order valence-electron chi connectivity index (χ0n) is 17.3. The number of ether oxygens (including phenoxy) is 2. The van der Waals surface area contributed by atoms with Crippen LogP contribution >= 0.6 is 11.6 Å². The van der Waals surface area contributed by atoms with E-state index in [1.54, 1.807) is 6.92 Å². The number of nitrogens with one attached hydrogen (secondary N) is 1. The van der Waals surface area contributed by atoms with Gasteiger partial charge in [-0.25, -0.2) is 8.78 Å². The van der Waals surface area contributed by atoms with Gasteiger partial charge < -0.3 is 19.4 Å². The highest BCUT2D eigenvalue weighted by atomic mass is 35.5. The van der Waals surface area contributed by atoms with Crippen LogP contribution in [-0.4, -0.2) is 41.7 Å². The Labute approximate surface area is 190 Å². The molecule has 9 heteroatoms. The highest BCUT2D eigenvalue weighted by molar-refractivity contribution is 6.35. The first-order chi connectivity index (χ1) is 14.8. The molecule has 6 nitrogen and oxygen atoms in total. The number of benzene rings is 1. The van der Waals surface area contributed by atoms with Crippen molar-refractivity contribution in [3.05, 3.63) is 61.0 Å². The minimum Gasteiger partial charge on any atom is -0.486 e. The van der Waals surface area contributed by atoms with E-state index in [9.17, 15) is 18.4 Å². The Morgan fingerprint density at radius 3 is 2.69 bits per heavy atom. The largest absolute Gasteiger partial charge is 0.486 e. The second kappa shape index (κ2) is 9.58. The maximum absolute atomic E-state index is 13.7. The van der Waals surface area contributed by atoms with Crippen molar-refractivity contribution in [3.8, 4) is 5.75 Å². The van der Waals surface area contributed by atoms with E-state index in [0.717, 1.165) is 11.3 Å². The number of carbonyl (C=O) groups excluding carboxylic acids is 1. The zero-order chi connectivity index (χ0) is 22.3. The Morgan fingerprint density at radius 1 is 1.31 bits per heavy atom. The van der Waals surface area contributed by atoms with Gasteiger partial charge in [-0.1, -0.05) is 19.0 Å². The average Bonchev–Trinajstić information content (AvgIpc) is 3.21. The zero-order valence-corrected chi connectivity index (χ0v) is 18.0. The van der Waals surface area contributed by atoms with Crippen LogP contribution in [0.1, 0.15) is 58.6 Å². The summed E-state index contributed by atoms with van der Waals surface area (Å²) in [4.78, 5) is 29.9. The van der Waals surface area contributed by atoms with Crippen LogP contribution in [0.3, 0.4) is 0 Å². The van der Waals surface area contributed by atoms with E-state index in [1.807, 2.05) is 13.0 Å². The number of pyridine rings is 1. The SMILES string of the molecule is C.Cc1cc(C)c(CN2CCc3cc(C(F)F)c(O[C@@H]4CCOC4)c(Cl)c3C2=O)c(=O)[nH]1. The molecule has 0 saturated carbocycles. The summed E-state index contributed by atoms with van der Waals surface area (Å²) in [6.07, 6.45) is -2.26. The summed E-state index contributed by atoms with van der Waals surface area (Å²) in [5.41, 5.74) is 2.06. The van der Waals surface area contributed by atoms with Crippen molar-refractivity contribution in [2.45, 2.75) is 53.2 Å². The van der Waals surface area contributed by atoms with Gasteiger partial charge in [0.25, 0.3) is 17.9 Å². The van der Waals surface area contributed by atoms with Gasteiger partial charge in [0, 0.05) is 24.2 Å². The van der Waals surface area contributed by atoms with Gasteiger partial charge in [0.2, 0.25) is 0 Å². The molecule has 4 rings (SSSR count). The number of fused-ring (bicyclic) bond motifs is 1. The summed E-state index contributed by atoms with van der Waals surface area (Å²) in [6.45, 7) is 4.78. The highest BCUT2D eigenvalue weighted by Gasteiger charge is 2.33. The van der Waals surface area contributed by atoms with Crippen molar-refractivity contribution in [1.82, 2.24) is 9.88 Å². The second-order valence-electron chi connectivity index (χ2n) is 7.97. The quantitative estimate of drug-likeness (QED) is 0.697. The van der Waals surface area contributed by atoms with Gasteiger partial charge in [0.1, 0.15) is 11.9 Å². The van der Waals surface area contributed by atoms with Crippen LogP contribution in [0, 0.1) is 13.8 Å². The summed E-state index contributed by atoms with van der Waals surface area (Å²) in [7, 11) is 0. The van der Waals surface area contributed by atoms with Crippen LogP contribution in [0.15, 0.2) is 16.9 Å². The fourth-order valence-electron chi connectivity index (χ4n) is 4.12. The number of aromatic nitrogens is 1. The van der Waals surface area contributed by atoms with Crippen LogP contribution in [0.2, 0.25) is 5.02 Å². The molecule has 174 valence electrons.